The van der Waals surface area contributed by atoms with Gasteiger partial charge in [0.05, 0.1) is 42.9 Å². The molecule has 2 aliphatic heterocycles. The Morgan fingerprint density at radius 1 is 1.24 bits per heavy atom. The van der Waals surface area contributed by atoms with Gasteiger partial charge in [0, 0.05) is 30.6 Å². The van der Waals surface area contributed by atoms with Gasteiger partial charge in [-0.2, -0.15) is 5.10 Å². The summed E-state index contributed by atoms with van der Waals surface area (Å²) in [6, 6.07) is 9.96. The van der Waals surface area contributed by atoms with Gasteiger partial charge in [-0.25, -0.2) is 4.98 Å². The second kappa shape index (κ2) is 8.96. The van der Waals surface area contributed by atoms with Gasteiger partial charge in [-0.05, 0) is 50.5 Å². The van der Waals surface area contributed by atoms with Crippen LogP contribution in [-0.2, 0) is 27.9 Å². The van der Waals surface area contributed by atoms with Gasteiger partial charge in [0.15, 0.2) is 0 Å². The number of rotatable bonds is 4. The molecule has 8 nitrogen and oxygen atoms in total. The minimum atomic E-state index is -0.495. The van der Waals surface area contributed by atoms with E-state index in [2.05, 4.69) is 15.4 Å². The van der Waals surface area contributed by atoms with Crippen molar-refractivity contribution in [1.29, 1.82) is 0 Å². The number of aryl methyl sites for hydroxylation is 1. The van der Waals surface area contributed by atoms with Crippen LogP contribution in [0.15, 0.2) is 48.9 Å². The topological polar surface area (TPSA) is 81.5 Å². The van der Waals surface area contributed by atoms with Gasteiger partial charge >= 0.3 is 0 Å². The zero-order valence-corrected chi connectivity index (χ0v) is 19.2. The molecular formula is C25H29N5O3. The van der Waals surface area contributed by atoms with Crippen LogP contribution in [0.3, 0.4) is 0 Å². The summed E-state index contributed by atoms with van der Waals surface area (Å²) in [5, 5.41) is 7.71. The van der Waals surface area contributed by atoms with Gasteiger partial charge in [0.1, 0.15) is 11.9 Å². The van der Waals surface area contributed by atoms with Crippen LogP contribution in [0.1, 0.15) is 32.3 Å². The van der Waals surface area contributed by atoms with Crippen molar-refractivity contribution in [3.05, 3.63) is 54.5 Å². The fourth-order valence-electron chi connectivity index (χ4n) is 4.46. The second-order valence-corrected chi connectivity index (χ2v) is 8.90. The maximum atomic E-state index is 13.8. The summed E-state index contributed by atoms with van der Waals surface area (Å²) in [5.41, 5.74) is 4.60. The Bertz CT molecular complexity index is 1150. The molecule has 1 saturated heterocycles. The molecule has 1 N–H and O–H groups in total. The third-order valence-corrected chi connectivity index (χ3v) is 6.04. The van der Waals surface area contributed by atoms with E-state index in [9.17, 15) is 4.79 Å². The van der Waals surface area contributed by atoms with Crippen LogP contribution >= 0.6 is 0 Å². The fourth-order valence-corrected chi connectivity index (χ4v) is 4.46. The van der Waals surface area contributed by atoms with Crippen LogP contribution in [0, 0.1) is 0 Å². The van der Waals surface area contributed by atoms with Crippen LogP contribution in [0.2, 0.25) is 0 Å². The van der Waals surface area contributed by atoms with Crippen molar-refractivity contribution in [2.24, 2.45) is 7.05 Å². The van der Waals surface area contributed by atoms with E-state index in [1.807, 2.05) is 68.5 Å². The number of amides is 1. The summed E-state index contributed by atoms with van der Waals surface area (Å²) in [6.45, 7) is 4.89. The predicted octanol–water partition coefficient (Wildman–Crippen LogP) is 4.04. The number of nitrogens with one attached hydrogen (secondary N) is 1. The van der Waals surface area contributed by atoms with E-state index in [1.165, 1.54) is 0 Å². The van der Waals surface area contributed by atoms with E-state index in [-0.39, 0.29) is 18.1 Å². The van der Waals surface area contributed by atoms with Crippen molar-refractivity contribution in [2.45, 2.75) is 51.5 Å². The molecule has 1 fully saturated rings. The number of carbonyl (C=O) groups is 1. The fraction of sp³-hybridized carbons (Fsp3) is 0.400. The minimum Gasteiger partial charge on any atom is -0.373 e. The third-order valence-electron chi connectivity index (χ3n) is 6.04. The molecule has 2 aliphatic rings. The van der Waals surface area contributed by atoms with Gasteiger partial charge in [-0.1, -0.05) is 12.1 Å². The van der Waals surface area contributed by atoms with E-state index in [0.29, 0.717) is 19.6 Å². The largest absolute Gasteiger partial charge is 0.373 e. The Labute approximate surface area is 193 Å². The summed E-state index contributed by atoms with van der Waals surface area (Å²) in [5.74, 6) is 0.722. The first-order valence-electron chi connectivity index (χ1n) is 11.4. The predicted molar refractivity (Wildman–Crippen MR) is 126 cm³/mol. The van der Waals surface area contributed by atoms with Crippen LogP contribution < -0.4 is 10.2 Å². The SMILES string of the molecule is CC(C)O[C@H]1CC[C@H](C(=O)N2Cc3cccnc3Nc3ccc(-c4cnn(C)c4)cc32)OC1. The number of hydrogen-bond donors (Lipinski definition) is 1. The Balaban J connectivity index is 1.47. The van der Waals surface area contributed by atoms with Crippen molar-refractivity contribution in [3.8, 4) is 11.1 Å². The molecule has 8 heteroatoms. The molecule has 4 heterocycles. The van der Waals surface area contributed by atoms with Crippen molar-refractivity contribution in [1.82, 2.24) is 14.8 Å². The molecule has 0 bridgehead atoms. The smallest absolute Gasteiger partial charge is 0.256 e. The quantitative estimate of drug-likeness (QED) is 0.650. The summed E-state index contributed by atoms with van der Waals surface area (Å²) < 4.78 is 13.7. The lowest BCUT2D eigenvalue weighted by molar-refractivity contribution is -0.143. The maximum absolute atomic E-state index is 13.8. The molecule has 0 unspecified atom stereocenters. The van der Waals surface area contributed by atoms with Crippen LogP contribution in [0.4, 0.5) is 17.2 Å². The van der Waals surface area contributed by atoms with Crippen molar-refractivity contribution in [3.63, 3.8) is 0 Å². The average molecular weight is 448 g/mol. The number of aromatic nitrogens is 3. The highest BCUT2D eigenvalue weighted by molar-refractivity contribution is 6.01. The zero-order valence-electron chi connectivity index (χ0n) is 19.2. The van der Waals surface area contributed by atoms with Crippen LogP contribution in [-0.4, -0.2) is 45.6 Å². The number of anilines is 3. The standard InChI is InChI=1S/C25H29N5O3/c1-16(2)33-20-7-9-23(32-15-20)25(31)30-14-18-5-4-10-26-24(18)28-21-8-6-17(11-22(21)30)19-12-27-29(3)13-19/h4-6,8,10-13,16,20,23H,7,9,14-15H2,1-3H3,(H,26,28)/t20-,23+/m0/s1. The molecule has 2 atom stereocenters. The lowest BCUT2D eigenvalue weighted by Crippen LogP contribution is -2.44. The average Bonchev–Trinajstić information content (AvgIpc) is 3.17. The first-order valence-corrected chi connectivity index (χ1v) is 11.4. The summed E-state index contributed by atoms with van der Waals surface area (Å²) in [4.78, 5) is 20.1. The molecular weight excluding hydrogens is 418 g/mol. The Morgan fingerprint density at radius 2 is 2.12 bits per heavy atom. The molecule has 2 aromatic heterocycles. The third kappa shape index (κ3) is 4.49. The Hall–Kier alpha value is -3.23. The first-order chi connectivity index (χ1) is 16.0. The van der Waals surface area contributed by atoms with E-state index in [0.717, 1.165) is 40.3 Å². The van der Waals surface area contributed by atoms with Gasteiger partial charge in [-0.3, -0.25) is 9.48 Å². The molecule has 0 spiro atoms. The van der Waals surface area contributed by atoms with Crippen molar-refractivity contribution in [2.75, 3.05) is 16.8 Å². The van der Waals surface area contributed by atoms with E-state index >= 15 is 0 Å². The van der Waals surface area contributed by atoms with Crippen molar-refractivity contribution < 1.29 is 14.3 Å². The summed E-state index contributed by atoms with van der Waals surface area (Å²) in [7, 11) is 1.89. The number of fused-ring (bicyclic) bond motifs is 2. The summed E-state index contributed by atoms with van der Waals surface area (Å²) in [6.07, 6.45) is 6.68. The number of hydrogen-bond acceptors (Lipinski definition) is 6. The van der Waals surface area contributed by atoms with Gasteiger partial charge < -0.3 is 19.7 Å². The molecule has 172 valence electrons. The molecule has 5 rings (SSSR count). The van der Waals surface area contributed by atoms with Gasteiger partial charge in [-0.15, -0.1) is 0 Å². The number of nitrogens with zero attached hydrogens (tertiary/aromatic N) is 4. The highest BCUT2D eigenvalue weighted by Gasteiger charge is 2.34. The summed E-state index contributed by atoms with van der Waals surface area (Å²) >= 11 is 0. The molecule has 0 saturated carbocycles. The highest BCUT2D eigenvalue weighted by Crippen LogP contribution is 2.38. The molecule has 0 aliphatic carbocycles. The first kappa shape index (κ1) is 21.6. The van der Waals surface area contributed by atoms with Crippen LogP contribution in [0.25, 0.3) is 11.1 Å². The number of pyridine rings is 1. The normalized spacial score (nSPS) is 20.1. The van der Waals surface area contributed by atoms with Gasteiger partial charge in [0.25, 0.3) is 5.91 Å². The van der Waals surface area contributed by atoms with E-state index in [4.69, 9.17) is 9.47 Å². The lowest BCUT2D eigenvalue weighted by atomic mass is 10.0. The second-order valence-electron chi connectivity index (χ2n) is 8.90. The number of benzene rings is 1. The number of ether oxygens (including phenoxy) is 2. The monoisotopic (exact) mass is 447 g/mol. The minimum absolute atomic E-state index is 0.0363. The zero-order chi connectivity index (χ0) is 22.9. The Morgan fingerprint density at radius 3 is 2.85 bits per heavy atom. The molecule has 1 aromatic carbocycles. The van der Waals surface area contributed by atoms with E-state index < -0.39 is 6.10 Å². The maximum Gasteiger partial charge on any atom is 0.256 e. The Kier molecular flexibility index (Phi) is 5.86. The lowest BCUT2D eigenvalue weighted by Gasteiger charge is -2.33. The molecule has 3 aromatic rings. The highest BCUT2D eigenvalue weighted by atomic mass is 16.5. The van der Waals surface area contributed by atoms with Crippen LogP contribution in [0.5, 0.6) is 0 Å². The van der Waals surface area contributed by atoms with Gasteiger partial charge in [0.2, 0.25) is 0 Å². The molecule has 33 heavy (non-hydrogen) atoms. The number of carbonyl (C=O) groups excluding carboxylic acids is 1. The molecule has 0 radical (unpaired) electrons. The van der Waals surface area contributed by atoms with Crippen molar-refractivity contribution >= 4 is 23.1 Å². The molecule has 1 amide bonds. The van der Waals surface area contributed by atoms with E-state index in [1.54, 1.807) is 10.9 Å².